The van der Waals surface area contributed by atoms with Gasteiger partial charge in [-0.1, -0.05) is 30.3 Å². The van der Waals surface area contributed by atoms with Crippen LogP contribution < -0.4 is 5.32 Å². The van der Waals surface area contributed by atoms with Gasteiger partial charge in [0.25, 0.3) is 0 Å². The number of aromatic nitrogens is 2. The smallest absolute Gasteiger partial charge is 0.124 e. The van der Waals surface area contributed by atoms with Crippen LogP contribution in [-0.2, 0) is 13.0 Å². The van der Waals surface area contributed by atoms with Crippen molar-refractivity contribution in [2.75, 3.05) is 5.32 Å². The van der Waals surface area contributed by atoms with E-state index in [9.17, 15) is 0 Å². The number of pyridine rings is 1. The molecular formula is C16H17N3O. The van der Waals surface area contributed by atoms with Crippen LogP contribution in [0, 0.1) is 6.92 Å². The van der Waals surface area contributed by atoms with Crippen molar-refractivity contribution in [3.63, 3.8) is 0 Å². The van der Waals surface area contributed by atoms with Crippen molar-refractivity contribution in [1.82, 2.24) is 10.1 Å². The summed E-state index contributed by atoms with van der Waals surface area (Å²) in [5, 5.41) is 8.58. The van der Waals surface area contributed by atoms with Crippen molar-refractivity contribution >= 4 is 16.6 Å². The van der Waals surface area contributed by atoms with Gasteiger partial charge in [-0.15, -0.1) is 0 Å². The van der Waals surface area contributed by atoms with Gasteiger partial charge in [0.2, 0.25) is 0 Å². The maximum Gasteiger partial charge on any atom is 0.124 e. The van der Waals surface area contributed by atoms with Gasteiger partial charge in [0, 0.05) is 22.8 Å². The van der Waals surface area contributed by atoms with E-state index in [1.807, 2.05) is 24.3 Å². The average Bonchev–Trinajstić information content (AvgIpc) is 2.97. The number of aryl methyl sites for hydroxylation is 1. The summed E-state index contributed by atoms with van der Waals surface area (Å²) >= 11 is 0. The summed E-state index contributed by atoms with van der Waals surface area (Å²) in [5.74, 6) is 0. The van der Waals surface area contributed by atoms with E-state index < -0.39 is 0 Å². The van der Waals surface area contributed by atoms with Crippen LogP contribution in [0.2, 0.25) is 0 Å². The number of rotatable bonds is 4. The molecule has 0 spiro atoms. The highest BCUT2D eigenvalue weighted by molar-refractivity contribution is 5.93. The maximum atomic E-state index is 4.87. The number of para-hydroxylation sites is 1. The third-order valence-electron chi connectivity index (χ3n) is 3.49. The molecule has 0 saturated carbocycles. The topological polar surface area (TPSA) is 51.0 Å². The van der Waals surface area contributed by atoms with Gasteiger partial charge in [0.15, 0.2) is 0 Å². The number of benzene rings is 1. The normalized spacial score (nSPS) is 10.9. The average molecular weight is 267 g/mol. The Balaban J connectivity index is 2.06. The van der Waals surface area contributed by atoms with Crippen molar-refractivity contribution in [3.8, 4) is 0 Å². The van der Waals surface area contributed by atoms with Gasteiger partial charge in [-0.3, -0.25) is 4.98 Å². The number of hydrogen-bond acceptors (Lipinski definition) is 4. The zero-order valence-corrected chi connectivity index (χ0v) is 11.7. The lowest BCUT2D eigenvalue weighted by molar-refractivity contribution is 0.412. The molecule has 0 aliphatic rings. The second-order valence-electron chi connectivity index (χ2n) is 4.77. The van der Waals surface area contributed by atoms with E-state index in [0.717, 1.165) is 34.4 Å². The summed E-state index contributed by atoms with van der Waals surface area (Å²) in [6, 6.07) is 10.1. The van der Waals surface area contributed by atoms with Crippen LogP contribution >= 0.6 is 0 Å². The Morgan fingerprint density at radius 3 is 2.80 bits per heavy atom. The van der Waals surface area contributed by atoms with Gasteiger partial charge in [-0.2, -0.15) is 0 Å². The van der Waals surface area contributed by atoms with E-state index >= 15 is 0 Å². The Labute approximate surface area is 117 Å². The maximum absolute atomic E-state index is 4.87. The van der Waals surface area contributed by atoms with Gasteiger partial charge in [-0.05, 0) is 25.0 Å². The van der Waals surface area contributed by atoms with Crippen LogP contribution in [0.1, 0.15) is 23.9 Å². The Bertz CT molecular complexity index is 720. The molecule has 20 heavy (non-hydrogen) atoms. The first-order chi connectivity index (χ1) is 9.79. The summed E-state index contributed by atoms with van der Waals surface area (Å²) in [6.45, 7) is 4.86. The van der Waals surface area contributed by atoms with Crippen LogP contribution in [0.25, 0.3) is 10.9 Å². The van der Waals surface area contributed by atoms with Crippen LogP contribution in [0.4, 0.5) is 5.69 Å². The standard InChI is InChI=1S/C16H17N3O/c1-3-13-11(2)18-15-7-5-4-6-14(15)16(13)17-10-12-8-9-20-19-12/h4-9H,3,10H2,1-2H3,(H,17,18). The molecule has 102 valence electrons. The SMILES string of the molecule is CCc1c(C)nc2ccccc2c1NCc1ccon1. The summed E-state index contributed by atoms with van der Waals surface area (Å²) in [6.07, 6.45) is 2.54. The van der Waals surface area contributed by atoms with Crippen molar-refractivity contribution in [2.24, 2.45) is 0 Å². The van der Waals surface area contributed by atoms with Gasteiger partial charge in [0.1, 0.15) is 12.0 Å². The third-order valence-corrected chi connectivity index (χ3v) is 3.49. The van der Waals surface area contributed by atoms with Gasteiger partial charge in [0.05, 0.1) is 12.1 Å². The number of nitrogens with zero attached hydrogens (tertiary/aromatic N) is 2. The number of anilines is 1. The summed E-state index contributed by atoms with van der Waals surface area (Å²) in [7, 11) is 0. The minimum Gasteiger partial charge on any atom is -0.378 e. The molecule has 3 aromatic rings. The lowest BCUT2D eigenvalue weighted by Crippen LogP contribution is -2.06. The molecule has 1 N–H and O–H groups in total. The zero-order chi connectivity index (χ0) is 13.9. The lowest BCUT2D eigenvalue weighted by atomic mass is 10.0. The molecule has 2 aromatic heterocycles. The van der Waals surface area contributed by atoms with Gasteiger partial charge < -0.3 is 9.84 Å². The summed E-state index contributed by atoms with van der Waals surface area (Å²) < 4.78 is 4.87. The number of hydrogen-bond donors (Lipinski definition) is 1. The first-order valence-electron chi connectivity index (χ1n) is 6.81. The molecule has 0 amide bonds. The molecule has 0 fully saturated rings. The fourth-order valence-corrected chi connectivity index (χ4v) is 2.52. The molecule has 4 nitrogen and oxygen atoms in total. The minimum absolute atomic E-state index is 0.650. The minimum atomic E-state index is 0.650. The van der Waals surface area contributed by atoms with Gasteiger partial charge in [-0.25, -0.2) is 0 Å². The first-order valence-corrected chi connectivity index (χ1v) is 6.81. The molecule has 1 aromatic carbocycles. The summed E-state index contributed by atoms with van der Waals surface area (Å²) in [5.41, 5.74) is 5.40. The number of fused-ring (bicyclic) bond motifs is 1. The molecule has 0 atom stereocenters. The Morgan fingerprint density at radius 2 is 2.05 bits per heavy atom. The lowest BCUT2D eigenvalue weighted by Gasteiger charge is -2.15. The largest absolute Gasteiger partial charge is 0.378 e. The molecule has 4 heteroatoms. The van der Waals surface area contributed by atoms with Crippen LogP contribution in [0.15, 0.2) is 41.1 Å². The quantitative estimate of drug-likeness (QED) is 0.783. The van der Waals surface area contributed by atoms with Crippen LogP contribution in [-0.4, -0.2) is 10.1 Å². The Morgan fingerprint density at radius 1 is 1.20 bits per heavy atom. The van der Waals surface area contributed by atoms with Crippen molar-refractivity contribution < 1.29 is 4.52 Å². The molecule has 0 bridgehead atoms. The molecule has 0 radical (unpaired) electrons. The van der Waals surface area contributed by atoms with Crippen molar-refractivity contribution in [1.29, 1.82) is 0 Å². The van der Waals surface area contributed by atoms with E-state index in [4.69, 9.17) is 4.52 Å². The van der Waals surface area contributed by atoms with Crippen molar-refractivity contribution in [2.45, 2.75) is 26.8 Å². The number of nitrogens with one attached hydrogen (secondary N) is 1. The zero-order valence-electron chi connectivity index (χ0n) is 11.7. The highest BCUT2D eigenvalue weighted by Crippen LogP contribution is 2.29. The van der Waals surface area contributed by atoms with E-state index in [1.165, 1.54) is 5.56 Å². The van der Waals surface area contributed by atoms with E-state index in [0.29, 0.717) is 6.54 Å². The third kappa shape index (κ3) is 2.25. The highest BCUT2D eigenvalue weighted by Gasteiger charge is 2.11. The second kappa shape index (κ2) is 5.33. The predicted molar refractivity (Wildman–Crippen MR) is 79.7 cm³/mol. The van der Waals surface area contributed by atoms with E-state index in [2.05, 4.69) is 35.4 Å². The van der Waals surface area contributed by atoms with Crippen molar-refractivity contribution in [3.05, 3.63) is 53.5 Å². The predicted octanol–water partition coefficient (Wildman–Crippen LogP) is 3.71. The molecule has 3 rings (SSSR count). The monoisotopic (exact) mass is 267 g/mol. The summed E-state index contributed by atoms with van der Waals surface area (Å²) in [4.78, 5) is 4.68. The van der Waals surface area contributed by atoms with Crippen LogP contribution in [0.5, 0.6) is 0 Å². The highest BCUT2D eigenvalue weighted by atomic mass is 16.5. The Kier molecular flexibility index (Phi) is 3.37. The van der Waals surface area contributed by atoms with E-state index in [-0.39, 0.29) is 0 Å². The fourth-order valence-electron chi connectivity index (χ4n) is 2.52. The van der Waals surface area contributed by atoms with Crippen LogP contribution in [0.3, 0.4) is 0 Å². The molecular weight excluding hydrogens is 250 g/mol. The van der Waals surface area contributed by atoms with Gasteiger partial charge >= 0.3 is 0 Å². The molecule has 0 saturated heterocycles. The molecule has 0 unspecified atom stereocenters. The molecule has 0 aliphatic carbocycles. The van der Waals surface area contributed by atoms with E-state index in [1.54, 1.807) is 6.26 Å². The molecule has 2 heterocycles. The second-order valence-corrected chi connectivity index (χ2v) is 4.77. The molecule has 0 aliphatic heterocycles. The Hall–Kier alpha value is -2.36. The first kappa shape index (κ1) is 12.7. The fraction of sp³-hybridized carbons (Fsp3) is 0.250.